The van der Waals surface area contributed by atoms with Gasteiger partial charge in [0.05, 0.1) is 6.54 Å². The third kappa shape index (κ3) is 2.85. The van der Waals surface area contributed by atoms with Crippen molar-refractivity contribution in [3.63, 3.8) is 0 Å². The Balaban J connectivity index is 1.70. The summed E-state index contributed by atoms with van der Waals surface area (Å²) in [5, 5.41) is 1.65. The lowest BCUT2D eigenvalue weighted by Crippen LogP contribution is -3.10. The van der Waals surface area contributed by atoms with Crippen molar-refractivity contribution in [1.82, 2.24) is 0 Å². The topological polar surface area (TPSA) is 34.6 Å². The van der Waals surface area contributed by atoms with Gasteiger partial charge in [0, 0.05) is 34.0 Å². The van der Waals surface area contributed by atoms with Gasteiger partial charge < -0.3 is 9.32 Å². The number of hydrogen-bond acceptors (Lipinski definition) is 2. The number of benzene rings is 2. The van der Waals surface area contributed by atoms with Crippen LogP contribution >= 0.6 is 11.6 Å². The molecule has 1 aliphatic rings. The van der Waals surface area contributed by atoms with Crippen molar-refractivity contribution in [3.05, 3.63) is 80.2 Å². The highest BCUT2D eigenvalue weighted by Crippen LogP contribution is 2.25. The first-order valence-electron chi connectivity index (χ1n) is 8.23. The molecule has 0 fully saturated rings. The number of rotatable bonds is 2. The number of hydrogen-bond donors (Lipinski definition) is 1. The molecule has 0 radical (unpaired) electrons. The quantitative estimate of drug-likeness (QED) is 0.728. The van der Waals surface area contributed by atoms with E-state index < -0.39 is 0 Å². The molecular weight excluding hydrogens is 322 g/mol. The molecule has 1 unspecified atom stereocenters. The Bertz CT molecular complexity index is 977. The van der Waals surface area contributed by atoms with Gasteiger partial charge in [-0.15, -0.1) is 0 Å². The van der Waals surface area contributed by atoms with Gasteiger partial charge in [0.15, 0.2) is 0 Å². The highest BCUT2D eigenvalue weighted by molar-refractivity contribution is 6.32. The second kappa shape index (κ2) is 6.08. The summed E-state index contributed by atoms with van der Waals surface area (Å²) in [5.41, 5.74) is 5.10. The van der Waals surface area contributed by atoms with Crippen molar-refractivity contribution in [2.24, 2.45) is 0 Å². The maximum atomic E-state index is 11.9. The van der Waals surface area contributed by atoms with Gasteiger partial charge in [0.2, 0.25) is 0 Å². The van der Waals surface area contributed by atoms with E-state index in [2.05, 4.69) is 24.3 Å². The lowest BCUT2D eigenvalue weighted by Gasteiger charge is -2.26. The van der Waals surface area contributed by atoms with Crippen LogP contribution in [0.1, 0.15) is 22.3 Å². The van der Waals surface area contributed by atoms with Crippen LogP contribution in [0, 0.1) is 6.92 Å². The molecule has 2 aromatic carbocycles. The van der Waals surface area contributed by atoms with Gasteiger partial charge in [-0.25, -0.2) is 4.79 Å². The van der Waals surface area contributed by atoms with Crippen molar-refractivity contribution in [3.8, 4) is 0 Å². The zero-order valence-electron chi connectivity index (χ0n) is 13.6. The monoisotopic (exact) mass is 340 g/mol. The number of aryl methyl sites for hydroxylation is 1. The average Bonchev–Trinajstić information content (AvgIpc) is 2.56. The third-order valence-corrected chi connectivity index (χ3v) is 5.26. The molecule has 24 heavy (non-hydrogen) atoms. The van der Waals surface area contributed by atoms with Gasteiger partial charge in [0.25, 0.3) is 0 Å². The second-order valence-corrected chi connectivity index (χ2v) is 6.97. The van der Waals surface area contributed by atoms with Gasteiger partial charge in [-0.05, 0) is 30.2 Å². The van der Waals surface area contributed by atoms with Crippen molar-refractivity contribution in [2.75, 3.05) is 6.54 Å². The minimum absolute atomic E-state index is 0.295. The maximum Gasteiger partial charge on any atom is 0.336 e. The van der Waals surface area contributed by atoms with Gasteiger partial charge in [-0.3, -0.25) is 0 Å². The molecule has 0 bridgehead atoms. The number of halogens is 1. The van der Waals surface area contributed by atoms with Crippen molar-refractivity contribution >= 4 is 22.6 Å². The molecule has 122 valence electrons. The Morgan fingerprint density at radius 2 is 1.96 bits per heavy atom. The fourth-order valence-electron chi connectivity index (χ4n) is 3.56. The molecule has 4 rings (SSSR count). The van der Waals surface area contributed by atoms with Crippen LogP contribution in [0.5, 0.6) is 0 Å². The van der Waals surface area contributed by atoms with Crippen molar-refractivity contribution in [1.29, 1.82) is 0 Å². The van der Waals surface area contributed by atoms with E-state index in [0.717, 1.165) is 42.6 Å². The molecule has 1 N–H and O–H groups in total. The molecule has 0 spiro atoms. The molecule has 0 saturated heterocycles. The van der Waals surface area contributed by atoms with Gasteiger partial charge in [0.1, 0.15) is 18.7 Å². The Hall–Kier alpha value is -2.10. The summed E-state index contributed by atoms with van der Waals surface area (Å²) in [6.07, 6.45) is 1.07. The summed E-state index contributed by atoms with van der Waals surface area (Å²) >= 11 is 6.28. The largest absolute Gasteiger partial charge is 0.423 e. The van der Waals surface area contributed by atoms with Crippen LogP contribution in [0.25, 0.3) is 11.0 Å². The summed E-state index contributed by atoms with van der Waals surface area (Å²) in [6, 6.07) is 14.0. The molecule has 0 amide bonds. The van der Waals surface area contributed by atoms with Crippen LogP contribution < -0.4 is 10.5 Å². The van der Waals surface area contributed by atoms with E-state index in [0.29, 0.717) is 10.6 Å². The van der Waals surface area contributed by atoms with Crippen LogP contribution in [-0.2, 0) is 19.5 Å². The molecule has 4 heteroatoms. The first-order valence-corrected chi connectivity index (χ1v) is 8.61. The first kappa shape index (κ1) is 15.4. The van der Waals surface area contributed by atoms with Crippen LogP contribution in [0.15, 0.2) is 51.7 Å². The normalized spacial score (nSPS) is 17.0. The lowest BCUT2D eigenvalue weighted by molar-refractivity contribution is -0.929. The molecule has 1 aromatic heterocycles. The zero-order chi connectivity index (χ0) is 16.7. The van der Waals surface area contributed by atoms with Crippen LogP contribution in [0.2, 0.25) is 5.02 Å². The predicted octanol–water partition coefficient (Wildman–Crippen LogP) is 2.90. The molecule has 1 aliphatic heterocycles. The standard InChI is InChI=1S/C20H18ClNO2/c1-13-8-19-17(10-18(13)21)16(9-20(23)24-19)12-22-7-6-14-4-2-3-5-15(14)11-22/h2-5,8-10H,6-7,11-12H2,1H3/p+1. The summed E-state index contributed by atoms with van der Waals surface area (Å²) in [7, 11) is 0. The van der Waals surface area contributed by atoms with Gasteiger partial charge >= 0.3 is 5.63 Å². The van der Waals surface area contributed by atoms with Gasteiger partial charge in [-0.2, -0.15) is 0 Å². The Labute approximate surface area is 145 Å². The zero-order valence-corrected chi connectivity index (χ0v) is 14.3. The number of fused-ring (bicyclic) bond motifs is 2. The smallest absolute Gasteiger partial charge is 0.336 e. The van der Waals surface area contributed by atoms with Crippen LogP contribution in [0.3, 0.4) is 0 Å². The Morgan fingerprint density at radius 3 is 2.79 bits per heavy atom. The summed E-state index contributed by atoms with van der Waals surface area (Å²) in [6.45, 7) is 4.77. The van der Waals surface area contributed by atoms with Crippen molar-refractivity contribution < 1.29 is 9.32 Å². The fraction of sp³-hybridized carbons (Fsp3) is 0.250. The predicted molar refractivity (Wildman–Crippen MR) is 95.6 cm³/mol. The molecule has 2 heterocycles. The molecule has 0 aliphatic carbocycles. The minimum Gasteiger partial charge on any atom is -0.423 e. The summed E-state index contributed by atoms with van der Waals surface area (Å²) in [4.78, 5) is 13.4. The average molecular weight is 341 g/mol. The van der Waals surface area contributed by atoms with E-state index in [1.807, 2.05) is 19.1 Å². The lowest BCUT2D eigenvalue weighted by atomic mass is 9.99. The molecule has 0 saturated carbocycles. The summed E-state index contributed by atoms with van der Waals surface area (Å²) in [5.74, 6) is 0. The fourth-order valence-corrected chi connectivity index (χ4v) is 3.72. The first-order chi connectivity index (χ1) is 11.6. The molecular formula is C20H19ClNO2+. The van der Waals surface area contributed by atoms with E-state index in [4.69, 9.17) is 16.0 Å². The highest BCUT2D eigenvalue weighted by atomic mass is 35.5. The Kier molecular flexibility index (Phi) is 3.91. The van der Waals surface area contributed by atoms with Crippen LogP contribution in [0.4, 0.5) is 0 Å². The van der Waals surface area contributed by atoms with Crippen molar-refractivity contribution in [2.45, 2.75) is 26.4 Å². The van der Waals surface area contributed by atoms with E-state index in [9.17, 15) is 4.79 Å². The van der Waals surface area contributed by atoms with Gasteiger partial charge in [-0.1, -0.05) is 35.9 Å². The molecule has 1 atom stereocenters. The molecule has 3 aromatic rings. The highest BCUT2D eigenvalue weighted by Gasteiger charge is 2.20. The number of quaternary nitrogens is 1. The summed E-state index contributed by atoms with van der Waals surface area (Å²) < 4.78 is 5.36. The van der Waals surface area contributed by atoms with E-state index >= 15 is 0 Å². The van der Waals surface area contributed by atoms with E-state index in [1.54, 1.807) is 6.07 Å². The SMILES string of the molecule is Cc1cc2oc(=O)cc(C[NH+]3CCc4ccccc4C3)c2cc1Cl. The second-order valence-electron chi connectivity index (χ2n) is 6.56. The molecule has 3 nitrogen and oxygen atoms in total. The van der Waals surface area contributed by atoms with E-state index in [1.165, 1.54) is 16.0 Å². The minimum atomic E-state index is -0.295. The Morgan fingerprint density at radius 1 is 1.17 bits per heavy atom. The van der Waals surface area contributed by atoms with E-state index in [-0.39, 0.29) is 5.63 Å². The maximum absolute atomic E-state index is 11.9. The number of nitrogens with one attached hydrogen (secondary N) is 1. The van der Waals surface area contributed by atoms with Crippen LogP contribution in [-0.4, -0.2) is 6.54 Å². The third-order valence-electron chi connectivity index (χ3n) is 4.86.